The van der Waals surface area contributed by atoms with Gasteiger partial charge in [0.2, 0.25) is 0 Å². The van der Waals surface area contributed by atoms with Crippen LogP contribution in [0.2, 0.25) is 0 Å². The standard InChI is InChI=1S/C20H19NO3S/c1-12-5-10-17(13(2)11-12)21-19(22)18(25-20(21)23)14(3)15-6-8-16(24-4)9-7-15/h5-11H,1-4H3/b18-14-. The molecule has 0 aliphatic carbocycles. The highest BCUT2D eigenvalue weighted by Crippen LogP contribution is 2.40. The number of carbonyl (C=O) groups is 2. The first-order valence-corrected chi connectivity index (χ1v) is 8.73. The molecule has 0 spiro atoms. The van der Waals surface area contributed by atoms with Gasteiger partial charge >= 0.3 is 0 Å². The van der Waals surface area contributed by atoms with E-state index in [0.29, 0.717) is 10.6 Å². The SMILES string of the molecule is COc1ccc(/C(C)=C2\SC(=O)N(c3ccc(C)cc3C)C2=O)cc1. The number of methoxy groups -OCH3 is 1. The Labute approximate surface area is 151 Å². The van der Waals surface area contributed by atoms with E-state index < -0.39 is 0 Å². The van der Waals surface area contributed by atoms with E-state index in [1.807, 2.05) is 63.2 Å². The highest BCUT2D eigenvalue weighted by atomic mass is 32.2. The fourth-order valence-electron chi connectivity index (χ4n) is 2.83. The van der Waals surface area contributed by atoms with Crippen LogP contribution in [0.1, 0.15) is 23.6 Å². The Hall–Kier alpha value is -2.53. The number of allylic oxidation sites excluding steroid dienone is 1. The van der Waals surface area contributed by atoms with Gasteiger partial charge in [0, 0.05) is 0 Å². The highest BCUT2D eigenvalue weighted by Gasteiger charge is 2.38. The third-order valence-electron chi connectivity index (χ3n) is 4.23. The maximum Gasteiger partial charge on any atom is 0.298 e. The van der Waals surface area contributed by atoms with Crippen LogP contribution < -0.4 is 9.64 Å². The average Bonchev–Trinajstić information content (AvgIpc) is 2.89. The van der Waals surface area contributed by atoms with E-state index in [4.69, 9.17) is 4.74 Å². The quantitative estimate of drug-likeness (QED) is 0.733. The topological polar surface area (TPSA) is 46.6 Å². The van der Waals surface area contributed by atoms with Crippen molar-refractivity contribution in [2.24, 2.45) is 0 Å². The van der Waals surface area contributed by atoms with E-state index in [0.717, 1.165) is 39.8 Å². The summed E-state index contributed by atoms with van der Waals surface area (Å²) in [5, 5.41) is -0.264. The molecule has 0 radical (unpaired) electrons. The van der Waals surface area contributed by atoms with E-state index in [1.54, 1.807) is 7.11 Å². The number of hydrogen-bond acceptors (Lipinski definition) is 4. The first-order chi connectivity index (χ1) is 11.9. The summed E-state index contributed by atoms with van der Waals surface area (Å²) in [6.45, 7) is 5.75. The van der Waals surface area contributed by atoms with Crippen molar-refractivity contribution < 1.29 is 14.3 Å². The Balaban J connectivity index is 1.99. The number of rotatable bonds is 3. The van der Waals surface area contributed by atoms with Gasteiger partial charge in [-0.2, -0.15) is 0 Å². The predicted molar refractivity (Wildman–Crippen MR) is 102 cm³/mol. The Morgan fingerprint density at radius 1 is 1.04 bits per heavy atom. The molecule has 2 aromatic carbocycles. The zero-order valence-corrected chi connectivity index (χ0v) is 15.4. The molecule has 4 nitrogen and oxygen atoms in total. The van der Waals surface area contributed by atoms with Gasteiger partial charge in [-0.15, -0.1) is 0 Å². The summed E-state index contributed by atoms with van der Waals surface area (Å²) in [5.74, 6) is 0.482. The lowest BCUT2D eigenvalue weighted by Gasteiger charge is -2.16. The van der Waals surface area contributed by atoms with Crippen molar-refractivity contribution in [2.75, 3.05) is 12.0 Å². The zero-order valence-electron chi connectivity index (χ0n) is 14.6. The van der Waals surface area contributed by atoms with Gasteiger partial charge < -0.3 is 4.74 Å². The minimum Gasteiger partial charge on any atom is -0.497 e. The molecule has 25 heavy (non-hydrogen) atoms. The third-order valence-corrected chi connectivity index (χ3v) is 5.27. The van der Waals surface area contributed by atoms with Gasteiger partial charge in [-0.3, -0.25) is 9.59 Å². The minimum absolute atomic E-state index is 0.264. The molecule has 128 valence electrons. The lowest BCUT2D eigenvalue weighted by atomic mass is 10.1. The zero-order chi connectivity index (χ0) is 18.1. The van der Waals surface area contributed by atoms with Crippen LogP contribution in [0.25, 0.3) is 5.57 Å². The molecule has 1 aliphatic rings. The molecule has 0 atom stereocenters. The van der Waals surface area contributed by atoms with Gasteiger partial charge in [-0.1, -0.05) is 29.8 Å². The number of carbonyl (C=O) groups excluding carboxylic acids is 2. The second kappa shape index (κ2) is 6.76. The van der Waals surface area contributed by atoms with Crippen LogP contribution in [-0.2, 0) is 4.79 Å². The van der Waals surface area contributed by atoms with E-state index >= 15 is 0 Å². The molecule has 1 saturated heterocycles. The summed E-state index contributed by atoms with van der Waals surface area (Å²) in [4.78, 5) is 27.1. The smallest absolute Gasteiger partial charge is 0.298 e. The van der Waals surface area contributed by atoms with Crippen LogP contribution in [0.15, 0.2) is 47.4 Å². The summed E-state index contributed by atoms with van der Waals surface area (Å²) >= 11 is 0.988. The molecule has 1 heterocycles. The summed E-state index contributed by atoms with van der Waals surface area (Å²) in [5.41, 5.74) is 4.33. The number of nitrogens with zero attached hydrogens (tertiary/aromatic N) is 1. The van der Waals surface area contributed by atoms with Gasteiger partial charge in [-0.25, -0.2) is 4.90 Å². The summed E-state index contributed by atoms with van der Waals surface area (Å²) in [6.07, 6.45) is 0. The molecule has 2 aromatic rings. The maximum absolute atomic E-state index is 12.9. The number of ether oxygens (including phenoxy) is 1. The van der Waals surface area contributed by atoms with Crippen molar-refractivity contribution in [2.45, 2.75) is 20.8 Å². The van der Waals surface area contributed by atoms with Gasteiger partial charge in [0.25, 0.3) is 11.1 Å². The largest absolute Gasteiger partial charge is 0.497 e. The highest BCUT2D eigenvalue weighted by molar-refractivity contribution is 8.19. The Bertz CT molecular complexity index is 884. The molecule has 0 unspecified atom stereocenters. The van der Waals surface area contributed by atoms with Crippen LogP contribution in [0.4, 0.5) is 10.5 Å². The monoisotopic (exact) mass is 353 g/mol. The minimum atomic E-state index is -0.268. The molecular weight excluding hydrogens is 334 g/mol. The number of amides is 2. The van der Waals surface area contributed by atoms with E-state index in [1.165, 1.54) is 4.90 Å². The lowest BCUT2D eigenvalue weighted by molar-refractivity contribution is -0.113. The fraction of sp³-hybridized carbons (Fsp3) is 0.200. The van der Waals surface area contributed by atoms with Crippen LogP contribution in [0.3, 0.4) is 0 Å². The van der Waals surface area contributed by atoms with Crippen LogP contribution in [0.5, 0.6) is 5.75 Å². The first kappa shape index (κ1) is 17.3. The number of imide groups is 1. The van der Waals surface area contributed by atoms with Crippen molar-refractivity contribution in [1.82, 2.24) is 0 Å². The number of thioether (sulfide) groups is 1. The normalized spacial score (nSPS) is 16.4. The summed E-state index contributed by atoms with van der Waals surface area (Å²) in [6, 6.07) is 13.2. The van der Waals surface area contributed by atoms with Crippen LogP contribution in [-0.4, -0.2) is 18.3 Å². The molecule has 1 fully saturated rings. The molecule has 5 heteroatoms. The van der Waals surface area contributed by atoms with E-state index in [2.05, 4.69) is 0 Å². The van der Waals surface area contributed by atoms with Crippen molar-refractivity contribution >= 4 is 34.2 Å². The predicted octanol–water partition coefficient (Wildman–Crippen LogP) is 4.94. The molecule has 1 aliphatic heterocycles. The summed E-state index contributed by atoms with van der Waals surface area (Å²) in [7, 11) is 1.61. The van der Waals surface area contributed by atoms with E-state index in [9.17, 15) is 9.59 Å². The lowest BCUT2D eigenvalue weighted by Crippen LogP contribution is -2.28. The number of aryl methyl sites for hydroxylation is 2. The van der Waals surface area contributed by atoms with E-state index in [-0.39, 0.29) is 11.1 Å². The van der Waals surface area contributed by atoms with Gasteiger partial charge in [0.05, 0.1) is 17.7 Å². The number of anilines is 1. The third kappa shape index (κ3) is 3.20. The Morgan fingerprint density at radius 2 is 1.72 bits per heavy atom. The Morgan fingerprint density at radius 3 is 2.32 bits per heavy atom. The van der Waals surface area contributed by atoms with Crippen LogP contribution in [0, 0.1) is 13.8 Å². The molecule has 3 rings (SSSR count). The first-order valence-electron chi connectivity index (χ1n) is 7.91. The molecule has 0 N–H and O–H groups in total. The van der Waals surface area contributed by atoms with Crippen molar-refractivity contribution in [3.8, 4) is 5.75 Å². The fourth-order valence-corrected chi connectivity index (χ4v) is 3.73. The number of hydrogen-bond donors (Lipinski definition) is 0. The van der Waals surface area contributed by atoms with Crippen molar-refractivity contribution in [1.29, 1.82) is 0 Å². The second-order valence-corrected chi connectivity index (χ2v) is 6.94. The van der Waals surface area contributed by atoms with Gasteiger partial charge in [0.1, 0.15) is 5.75 Å². The maximum atomic E-state index is 12.9. The van der Waals surface area contributed by atoms with Crippen LogP contribution >= 0.6 is 11.8 Å². The molecule has 0 bridgehead atoms. The summed E-state index contributed by atoms with van der Waals surface area (Å²) < 4.78 is 5.16. The molecule has 0 aromatic heterocycles. The molecule has 2 amide bonds. The Kier molecular flexibility index (Phi) is 4.68. The molecule has 0 saturated carbocycles. The number of benzene rings is 2. The van der Waals surface area contributed by atoms with Crippen molar-refractivity contribution in [3.05, 3.63) is 64.1 Å². The second-order valence-electron chi connectivity index (χ2n) is 5.98. The van der Waals surface area contributed by atoms with Gasteiger partial charge in [0.15, 0.2) is 0 Å². The van der Waals surface area contributed by atoms with Gasteiger partial charge in [-0.05, 0) is 67.4 Å². The average molecular weight is 353 g/mol. The molecular formula is C20H19NO3S. The van der Waals surface area contributed by atoms with Crippen molar-refractivity contribution in [3.63, 3.8) is 0 Å².